The smallest absolute Gasteiger partial charge is 0.226 e. The second-order valence-electron chi connectivity index (χ2n) is 3.82. The predicted octanol–water partition coefficient (Wildman–Crippen LogP) is 1.45. The number of ether oxygens (including phenoxy) is 1. The van der Waals surface area contributed by atoms with Gasteiger partial charge in [0, 0.05) is 12.3 Å². The maximum Gasteiger partial charge on any atom is 0.226 e. The molecule has 1 aromatic heterocycles. The van der Waals surface area contributed by atoms with Crippen LogP contribution < -0.4 is 10.1 Å². The third-order valence-electron chi connectivity index (χ3n) is 2.03. The van der Waals surface area contributed by atoms with Gasteiger partial charge in [-0.3, -0.25) is 0 Å². The summed E-state index contributed by atoms with van der Waals surface area (Å²) in [7, 11) is 0. The van der Waals surface area contributed by atoms with E-state index >= 15 is 0 Å². The van der Waals surface area contributed by atoms with Crippen LogP contribution in [0.1, 0.15) is 27.2 Å². The van der Waals surface area contributed by atoms with E-state index in [1.807, 2.05) is 20.8 Å². The Morgan fingerprint density at radius 1 is 1.50 bits per heavy atom. The Balaban J connectivity index is 2.66. The number of nitrogens with one attached hydrogen (secondary N) is 1. The Kier molecular flexibility index (Phi) is 4.98. The van der Waals surface area contributed by atoms with E-state index in [0.717, 1.165) is 6.42 Å². The highest BCUT2D eigenvalue weighted by molar-refractivity contribution is 5.28. The van der Waals surface area contributed by atoms with Crippen molar-refractivity contribution < 1.29 is 9.84 Å². The van der Waals surface area contributed by atoms with Gasteiger partial charge in [-0.2, -0.15) is 4.98 Å². The van der Waals surface area contributed by atoms with Gasteiger partial charge >= 0.3 is 0 Å². The fourth-order valence-electron chi connectivity index (χ4n) is 1.18. The molecule has 0 aliphatic heterocycles. The summed E-state index contributed by atoms with van der Waals surface area (Å²) in [6.07, 6.45) is 2.54. The third kappa shape index (κ3) is 4.02. The summed E-state index contributed by atoms with van der Waals surface area (Å²) in [6.45, 7) is 5.94. The number of anilines is 1. The Labute approximate surface area is 95.9 Å². The zero-order chi connectivity index (χ0) is 12.0. The zero-order valence-corrected chi connectivity index (χ0v) is 9.97. The molecule has 0 radical (unpaired) electrons. The Bertz CT molecular complexity index is 314. The first-order chi connectivity index (χ1) is 7.65. The lowest BCUT2D eigenvalue weighted by atomic mass is 10.2. The Hall–Kier alpha value is -1.36. The normalized spacial score (nSPS) is 12.6. The molecule has 0 saturated heterocycles. The lowest BCUT2D eigenvalue weighted by Crippen LogP contribution is -2.24. The van der Waals surface area contributed by atoms with Crippen molar-refractivity contribution in [2.24, 2.45) is 0 Å². The molecule has 16 heavy (non-hydrogen) atoms. The number of hydrogen-bond acceptors (Lipinski definition) is 5. The van der Waals surface area contributed by atoms with Crippen LogP contribution >= 0.6 is 0 Å². The SMILES string of the molecule is CCC(CO)Nc1nccc(OC(C)C)n1. The summed E-state index contributed by atoms with van der Waals surface area (Å²) in [5.41, 5.74) is 0. The van der Waals surface area contributed by atoms with Crippen molar-refractivity contribution in [1.82, 2.24) is 9.97 Å². The average Bonchev–Trinajstić information content (AvgIpc) is 2.25. The minimum atomic E-state index is -0.0192. The van der Waals surface area contributed by atoms with Crippen molar-refractivity contribution in [2.75, 3.05) is 11.9 Å². The first-order valence-electron chi connectivity index (χ1n) is 5.52. The van der Waals surface area contributed by atoms with Gasteiger partial charge in [-0.25, -0.2) is 4.98 Å². The van der Waals surface area contributed by atoms with E-state index in [1.54, 1.807) is 12.3 Å². The van der Waals surface area contributed by atoms with Gasteiger partial charge in [-0.15, -0.1) is 0 Å². The summed E-state index contributed by atoms with van der Waals surface area (Å²) in [4.78, 5) is 8.26. The summed E-state index contributed by atoms with van der Waals surface area (Å²) < 4.78 is 5.45. The summed E-state index contributed by atoms with van der Waals surface area (Å²) in [5, 5.41) is 12.1. The van der Waals surface area contributed by atoms with Crippen LogP contribution in [-0.2, 0) is 0 Å². The number of aliphatic hydroxyl groups is 1. The van der Waals surface area contributed by atoms with E-state index in [0.29, 0.717) is 11.8 Å². The van der Waals surface area contributed by atoms with Crippen molar-refractivity contribution in [1.29, 1.82) is 0 Å². The van der Waals surface area contributed by atoms with Crippen LogP contribution in [0.15, 0.2) is 12.3 Å². The molecule has 2 N–H and O–H groups in total. The predicted molar refractivity (Wildman–Crippen MR) is 62.6 cm³/mol. The number of aromatic nitrogens is 2. The van der Waals surface area contributed by atoms with E-state index < -0.39 is 0 Å². The second-order valence-corrected chi connectivity index (χ2v) is 3.82. The van der Waals surface area contributed by atoms with Crippen LogP contribution in [0, 0.1) is 0 Å². The maximum atomic E-state index is 9.05. The molecule has 0 aromatic carbocycles. The molecule has 1 aromatic rings. The van der Waals surface area contributed by atoms with Gasteiger partial charge in [0.25, 0.3) is 0 Å². The molecule has 1 unspecified atom stereocenters. The number of nitrogens with zero attached hydrogens (tertiary/aromatic N) is 2. The number of hydrogen-bond donors (Lipinski definition) is 2. The lowest BCUT2D eigenvalue weighted by molar-refractivity contribution is 0.232. The van der Waals surface area contributed by atoms with Crippen LogP contribution in [0.3, 0.4) is 0 Å². The first-order valence-corrected chi connectivity index (χ1v) is 5.52. The third-order valence-corrected chi connectivity index (χ3v) is 2.03. The molecule has 90 valence electrons. The largest absolute Gasteiger partial charge is 0.475 e. The van der Waals surface area contributed by atoms with E-state index in [2.05, 4.69) is 15.3 Å². The molecule has 0 aliphatic carbocycles. The molecule has 0 fully saturated rings. The summed E-state index contributed by atoms with van der Waals surface area (Å²) in [6, 6.07) is 1.69. The van der Waals surface area contributed by atoms with Crippen molar-refractivity contribution in [3.63, 3.8) is 0 Å². The van der Waals surface area contributed by atoms with E-state index in [9.17, 15) is 0 Å². The monoisotopic (exact) mass is 225 g/mol. The highest BCUT2D eigenvalue weighted by atomic mass is 16.5. The van der Waals surface area contributed by atoms with Crippen LogP contribution in [0.5, 0.6) is 5.88 Å². The fourth-order valence-corrected chi connectivity index (χ4v) is 1.18. The highest BCUT2D eigenvalue weighted by Gasteiger charge is 2.07. The molecule has 1 heterocycles. The molecular weight excluding hydrogens is 206 g/mol. The van der Waals surface area contributed by atoms with Crippen LogP contribution in [0.25, 0.3) is 0 Å². The highest BCUT2D eigenvalue weighted by Crippen LogP contribution is 2.11. The fraction of sp³-hybridized carbons (Fsp3) is 0.636. The van der Waals surface area contributed by atoms with Crippen LogP contribution in [0.4, 0.5) is 5.95 Å². The zero-order valence-electron chi connectivity index (χ0n) is 9.97. The first kappa shape index (κ1) is 12.7. The van der Waals surface area contributed by atoms with Gasteiger partial charge in [0.15, 0.2) is 0 Å². The average molecular weight is 225 g/mol. The molecule has 0 saturated carbocycles. The van der Waals surface area contributed by atoms with Crippen LogP contribution in [-0.4, -0.2) is 33.8 Å². The summed E-state index contributed by atoms with van der Waals surface area (Å²) >= 11 is 0. The minimum Gasteiger partial charge on any atom is -0.475 e. The summed E-state index contributed by atoms with van der Waals surface area (Å²) in [5.74, 6) is 1.03. The molecule has 1 atom stereocenters. The van der Waals surface area contributed by atoms with Gasteiger partial charge in [0.05, 0.1) is 18.8 Å². The molecule has 0 spiro atoms. The maximum absolute atomic E-state index is 9.05. The van der Waals surface area contributed by atoms with Crippen molar-refractivity contribution in [3.8, 4) is 5.88 Å². The lowest BCUT2D eigenvalue weighted by Gasteiger charge is -2.14. The molecule has 5 nitrogen and oxygen atoms in total. The topological polar surface area (TPSA) is 67.3 Å². The minimum absolute atomic E-state index is 0.0192. The second kappa shape index (κ2) is 6.27. The van der Waals surface area contributed by atoms with E-state index in [-0.39, 0.29) is 18.8 Å². The van der Waals surface area contributed by atoms with Crippen molar-refractivity contribution in [2.45, 2.75) is 39.3 Å². The number of rotatable bonds is 6. The Morgan fingerprint density at radius 3 is 2.81 bits per heavy atom. The van der Waals surface area contributed by atoms with Gasteiger partial charge in [0.2, 0.25) is 11.8 Å². The van der Waals surface area contributed by atoms with Gasteiger partial charge in [-0.1, -0.05) is 6.92 Å². The Morgan fingerprint density at radius 2 is 2.25 bits per heavy atom. The van der Waals surface area contributed by atoms with Crippen molar-refractivity contribution >= 4 is 5.95 Å². The van der Waals surface area contributed by atoms with Crippen molar-refractivity contribution in [3.05, 3.63) is 12.3 Å². The van der Waals surface area contributed by atoms with E-state index in [4.69, 9.17) is 9.84 Å². The standard InChI is InChI=1S/C11H19N3O2/c1-4-9(7-15)13-11-12-6-5-10(14-11)16-8(2)3/h5-6,8-9,15H,4,7H2,1-3H3,(H,12,13,14). The van der Waals surface area contributed by atoms with Gasteiger partial charge in [-0.05, 0) is 20.3 Å². The van der Waals surface area contributed by atoms with Gasteiger partial charge in [0.1, 0.15) is 0 Å². The quantitative estimate of drug-likeness (QED) is 0.767. The van der Waals surface area contributed by atoms with E-state index in [1.165, 1.54) is 0 Å². The molecular formula is C11H19N3O2. The van der Waals surface area contributed by atoms with Crippen LogP contribution in [0.2, 0.25) is 0 Å². The molecule has 0 bridgehead atoms. The molecule has 0 amide bonds. The molecule has 5 heteroatoms. The number of aliphatic hydroxyl groups excluding tert-OH is 1. The molecule has 0 aliphatic rings. The van der Waals surface area contributed by atoms with Gasteiger partial charge < -0.3 is 15.2 Å². The molecule has 1 rings (SSSR count).